The topological polar surface area (TPSA) is 51.2 Å². The van der Waals surface area contributed by atoms with Crippen molar-refractivity contribution in [1.29, 1.82) is 0 Å². The van der Waals surface area contributed by atoms with Gasteiger partial charge in [0.25, 0.3) is 10.5 Å². The molecule has 3 nitrogen and oxygen atoms in total. The highest BCUT2D eigenvalue weighted by Crippen LogP contribution is 2.38. The molecule has 0 spiro atoms. The summed E-state index contributed by atoms with van der Waals surface area (Å²) >= 11 is 31.8. The van der Waals surface area contributed by atoms with Gasteiger partial charge in [-0.2, -0.15) is 0 Å². The molecular weight excluding hydrogens is 585 g/mol. The Labute approximate surface area is 244 Å². The quantitative estimate of drug-likeness (QED) is 0.0977. The molecule has 0 aliphatic heterocycles. The van der Waals surface area contributed by atoms with Gasteiger partial charge in [-0.3, -0.25) is 14.4 Å². The summed E-state index contributed by atoms with van der Waals surface area (Å²) < 4.78 is 0. The third kappa shape index (κ3) is 15.2. The van der Waals surface area contributed by atoms with E-state index in [1.54, 1.807) is 24.3 Å². The van der Waals surface area contributed by atoms with Crippen LogP contribution in [0.25, 0.3) is 0 Å². The van der Waals surface area contributed by atoms with Crippen LogP contribution < -0.4 is 0 Å². The van der Waals surface area contributed by atoms with E-state index in [4.69, 9.17) is 69.6 Å². The number of halogens is 6. The van der Waals surface area contributed by atoms with E-state index < -0.39 is 20.2 Å². The first-order chi connectivity index (χ1) is 17.1. The maximum Gasteiger partial charge on any atom is 0.254 e. The average molecular weight is 615 g/mol. The molecule has 0 bridgehead atoms. The molecular formula is C27H30Cl6O3. The third-order valence-electron chi connectivity index (χ3n) is 4.82. The van der Waals surface area contributed by atoms with Crippen molar-refractivity contribution >= 4 is 85.3 Å². The van der Waals surface area contributed by atoms with Crippen LogP contribution >= 0.6 is 69.6 Å². The van der Waals surface area contributed by atoms with Gasteiger partial charge in [0.2, 0.25) is 5.24 Å². The minimum Gasteiger partial charge on any atom is -0.281 e. The maximum absolute atomic E-state index is 11.7. The second kappa shape index (κ2) is 20.9. The predicted octanol–water partition coefficient (Wildman–Crippen LogP) is 9.55. The highest BCUT2D eigenvalue weighted by atomic mass is 35.5. The van der Waals surface area contributed by atoms with Gasteiger partial charge >= 0.3 is 0 Å². The summed E-state index contributed by atoms with van der Waals surface area (Å²) in [5.74, 6) is 0. The Balaban J connectivity index is 0.000000573. The van der Waals surface area contributed by atoms with E-state index in [0.717, 1.165) is 19.3 Å². The Morgan fingerprint density at radius 3 is 1.47 bits per heavy atom. The Kier molecular flexibility index (Phi) is 20.3. The standard InChI is InChI=1S/C14H10Cl2O.C11H19ClO.C2HCl3O/c15-13(17)14(16,11-7-3-1-4-8-11)12-9-5-2-6-10-12;1-2-3-4-5-6-7-8-9-10-11(12)13;3-1(4)2(5)6/h1-10H;2H,1,3-10H2;1H. The van der Waals surface area contributed by atoms with Crippen molar-refractivity contribution in [2.45, 2.75) is 61.1 Å². The third-order valence-corrected chi connectivity index (χ3v) is 6.83. The number of unbranched alkanes of at least 4 members (excludes halogenated alkanes) is 6. The number of carbonyl (C=O) groups excluding carboxylic acids is 3. The predicted molar refractivity (Wildman–Crippen MR) is 155 cm³/mol. The summed E-state index contributed by atoms with van der Waals surface area (Å²) in [7, 11) is 0. The molecule has 0 aliphatic carbocycles. The summed E-state index contributed by atoms with van der Waals surface area (Å²) in [5.41, 5.74) is 1.35. The molecule has 198 valence electrons. The molecule has 2 aromatic carbocycles. The molecule has 2 rings (SSSR count). The Hall–Kier alpha value is -1.07. The summed E-state index contributed by atoms with van der Waals surface area (Å²) in [5, 5.41) is -1.54. The highest BCUT2D eigenvalue weighted by Gasteiger charge is 2.38. The van der Waals surface area contributed by atoms with E-state index in [1.165, 1.54) is 25.7 Å². The second-order valence-electron chi connectivity index (χ2n) is 7.57. The SMILES string of the molecule is C=CCCCCCCCCC(=O)Cl.O=C(Cl)C(Cl)(c1ccccc1)c1ccccc1.O=C(Cl)C(Cl)Cl. The molecule has 0 aliphatic rings. The lowest BCUT2D eigenvalue weighted by atomic mass is 9.91. The van der Waals surface area contributed by atoms with E-state index in [-0.39, 0.29) is 5.24 Å². The van der Waals surface area contributed by atoms with Crippen LogP contribution in [-0.4, -0.2) is 20.6 Å². The number of rotatable bonds is 13. The van der Waals surface area contributed by atoms with Gasteiger partial charge < -0.3 is 0 Å². The van der Waals surface area contributed by atoms with E-state index in [0.29, 0.717) is 17.5 Å². The van der Waals surface area contributed by atoms with Crippen molar-refractivity contribution in [1.82, 2.24) is 0 Å². The largest absolute Gasteiger partial charge is 0.281 e. The van der Waals surface area contributed by atoms with Crippen molar-refractivity contribution in [2.24, 2.45) is 0 Å². The van der Waals surface area contributed by atoms with Crippen LogP contribution in [0.15, 0.2) is 73.3 Å². The minimum absolute atomic E-state index is 0.202. The number of alkyl halides is 3. The molecule has 0 aromatic heterocycles. The number of carbonyl (C=O) groups is 3. The van der Waals surface area contributed by atoms with Crippen molar-refractivity contribution < 1.29 is 14.4 Å². The van der Waals surface area contributed by atoms with Crippen LogP contribution in [0.3, 0.4) is 0 Å². The smallest absolute Gasteiger partial charge is 0.254 e. The maximum atomic E-state index is 11.7. The van der Waals surface area contributed by atoms with Crippen LogP contribution in [-0.2, 0) is 19.3 Å². The fourth-order valence-electron chi connectivity index (χ4n) is 2.99. The molecule has 0 heterocycles. The molecule has 0 saturated carbocycles. The van der Waals surface area contributed by atoms with Crippen LogP contribution in [0, 0.1) is 0 Å². The van der Waals surface area contributed by atoms with E-state index in [9.17, 15) is 14.4 Å². The highest BCUT2D eigenvalue weighted by molar-refractivity contribution is 6.75. The molecule has 36 heavy (non-hydrogen) atoms. The molecule has 0 atom stereocenters. The van der Waals surface area contributed by atoms with Crippen molar-refractivity contribution in [3.05, 3.63) is 84.4 Å². The van der Waals surface area contributed by atoms with Gasteiger partial charge in [-0.25, -0.2) is 0 Å². The summed E-state index contributed by atoms with van der Waals surface area (Å²) in [6.07, 6.45) is 10.7. The molecule has 9 heteroatoms. The van der Waals surface area contributed by atoms with Gasteiger partial charge in [0, 0.05) is 6.42 Å². The molecule has 0 N–H and O–H groups in total. The minimum atomic E-state index is -1.32. The summed E-state index contributed by atoms with van der Waals surface area (Å²) in [6.45, 7) is 3.68. The van der Waals surface area contributed by atoms with Gasteiger partial charge in [-0.05, 0) is 65.2 Å². The van der Waals surface area contributed by atoms with Gasteiger partial charge in [0.05, 0.1) is 0 Å². The summed E-state index contributed by atoms with van der Waals surface area (Å²) in [6, 6.07) is 18.2. The lowest BCUT2D eigenvalue weighted by Crippen LogP contribution is -2.27. The van der Waals surface area contributed by atoms with Crippen LogP contribution in [0.2, 0.25) is 0 Å². The zero-order valence-electron chi connectivity index (χ0n) is 19.8. The molecule has 0 fully saturated rings. The lowest BCUT2D eigenvalue weighted by Gasteiger charge is -2.23. The Bertz CT molecular complexity index is 865. The molecule has 0 unspecified atom stereocenters. The fourth-order valence-corrected chi connectivity index (χ4v) is 3.59. The summed E-state index contributed by atoms with van der Waals surface area (Å²) in [4.78, 5) is 29.3. The van der Waals surface area contributed by atoms with Crippen LogP contribution in [0.4, 0.5) is 0 Å². The monoisotopic (exact) mass is 612 g/mol. The van der Waals surface area contributed by atoms with Crippen molar-refractivity contribution in [3.63, 3.8) is 0 Å². The average Bonchev–Trinajstić information content (AvgIpc) is 2.86. The zero-order chi connectivity index (χ0) is 27.4. The van der Waals surface area contributed by atoms with Crippen molar-refractivity contribution in [2.75, 3.05) is 0 Å². The van der Waals surface area contributed by atoms with Gasteiger partial charge in [-0.1, -0.05) is 127 Å². The molecule has 0 radical (unpaired) electrons. The number of benzene rings is 2. The number of allylic oxidation sites excluding steroid dienone is 1. The Morgan fingerprint density at radius 2 is 1.14 bits per heavy atom. The van der Waals surface area contributed by atoms with E-state index in [2.05, 4.69) is 6.58 Å². The van der Waals surface area contributed by atoms with Crippen LogP contribution in [0.5, 0.6) is 0 Å². The first-order valence-electron chi connectivity index (χ1n) is 11.3. The van der Waals surface area contributed by atoms with Crippen molar-refractivity contribution in [3.8, 4) is 0 Å². The van der Waals surface area contributed by atoms with Gasteiger partial charge in [0.15, 0.2) is 9.71 Å². The number of hydrogen-bond donors (Lipinski definition) is 0. The number of hydrogen-bond acceptors (Lipinski definition) is 3. The van der Waals surface area contributed by atoms with E-state index in [1.807, 2.05) is 42.5 Å². The zero-order valence-corrected chi connectivity index (χ0v) is 24.3. The van der Waals surface area contributed by atoms with Crippen LogP contribution in [0.1, 0.15) is 62.5 Å². The first-order valence-corrected chi connectivity index (χ1v) is 13.7. The normalized spacial score (nSPS) is 10.4. The van der Waals surface area contributed by atoms with Gasteiger partial charge in [-0.15, -0.1) is 6.58 Å². The fraction of sp³-hybridized carbons (Fsp3) is 0.370. The van der Waals surface area contributed by atoms with E-state index >= 15 is 0 Å². The molecule has 2 aromatic rings. The Morgan fingerprint density at radius 1 is 0.750 bits per heavy atom. The second-order valence-corrected chi connectivity index (χ2v) is 10.4. The first kappa shape index (κ1) is 34.9. The van der Waals surface area contributed by atoms with Gasteiger partial charge in [0.1, 0.15) is 0 Å². The lowest BCUT2D eigenvalue weighted by molar-refractivity contribution is -0.113. The molecule has 0 saturated heterocycles. The molecule has 0 amide bonds.